The molecule has 0 atom stereocenters. The smallest absolute Gasteiger partial charge is 0.0717 e. The van der Waals surface area contributed by atoms with E-state index in [4.69, 9.17) is 16.3 Å². The quantitative estimate of drug-likeness (QED) is 0.795. The lowest BCUT2D eigenvalue weighted by Gasteiger charge is -2.08. The van der Waals surface area contributed by atoms with Crippen molar-refractivity contribution in [1.29, 1.82) is 0 Å². The average molecular weight is 276 g/mol. The summed E-state index contributed by atoms with van der Waals surface area (Å²) in [7, 11) is 0. The molecular formula is C16H18ClNO. The van der Waals surface area contributed by atoms with Crippen LogP contribution in [0.1, 0.15) is 11.1 Å². The van der Waals surface area contributed by atoms with Gasteiger partial charge >= 0.3 is 0 Å². The second kappa shape index (κ2) is 7.17. The van der Waals surface area contributed by atoms with Crippen LogP contribution in [-0.2, 0) is 11.3 Å². The molecule has 0 saturated heterocycles. The Morgan fingerprint density at radius 1 is 1.00 bits per heavy atom. The molecule has 0 fully saturated rings. The van der Waals surface area contributed by atoms with E-state index in [1.165, 1.54) is 5.56 Å². The Kier molecular flexibility index (Phi) is 5.25. The Labute approximate surface area is 119 Å². The highest BCUT2D eigenvalue weighted by Gasteiger charge is 1.94. The number of benzene rings is 2. The van der Waals surface area contributed by atoms with Gasteiger partial charge in [0.15, 0.2) is 0 Å². The van der Waals surface area contributed by atoms with Gasteiger partial charge in [0, 0.05) is 17.3 Å². The van der Waals surface area contributed by atoms with Gasteiger partial charge in [0.2, 0.25) is 0 Å². The van der Waals surface area contributed by atoms with Crippen molar-refractivity contribution in [2.75, 3.05) is 18.5 Å². The monoisotopic (exact) mass is 275 g/mol. The van der Waals surface area contributed by atoms with E-state index in [0.717, 1.165) is 22.8 Å². The van der Waals surface area contributed by atoms with Crippen molar-refractivity contribution in [2.45, 2.75) is 13.5 Å². The van der Waals surface area contributed by atoms with Crippen molar-refractivity contribution in [2.24, 2.45) is 0 Å². The van der Waals surface area contributed by atoms with Crippen LogP contribution in [0.15, 0.2) is 48.5 Å². The van der Waals surface area contributed by atoms with E-state index in [2.05, 4.69) is 36.5 Å². The van der Waals surface area contributed by atoms with E-state index in [-0.39, 0.29) is 0 Å². The van der Waals surface area contributed by atoms with Gasteiger partial charge in [-0.25, -0.2) is 0 Å². The molecule has 3 heteroatoms. The van der Waals surface area contributed by atoms with Gasteiger partial charge in [-0.05, 0) is 36.8 Å². The standard InChI is InChI=1S/C16H18ClNO/c1-13-2-8-16(9-3-13)18-10-11-19-12-14-4-6-15(17)7-5-14/h2-9,18H,10-12H2,1H3. The minimum Gasteiger partial charge on any atom is -0.383 e. The molecule has 2 rings (SSSR count). The van der Waals surface area contributed by atoms with Crippen LogP contribution in [0.4, 0.5) is 5.69 Å². The molecule has 2 aromatic carbocycles. The first-order valence-corrected chi connectivity index (χ1v) is 6.74. The minimum atomic E-state index is 0.618. The van der Waals surface area contributed by atoms with E-state index < -0.39 is 0 Å². The maximum atomic E-state index is 5.82. The lowest BCUT2D eigenvalue weighted by molar-refractivity contribution is 0.130. The first-order chi connectivity index (χ1) is 9.24. The second-order valence-electron chi connectivity index (χ2n) is 4.47. The Morgan fingerprint density at radius 3 is 2.37 bits per heavy atom. The largest absolute Gasteiger partial charge is 0.383 e. The molecule has 0 unspecified atom stereocenters. The maximum absolute atomic E-state index is 5.82. The van der Waals surface area contributed by atoms with E-state index in [0.29, 0.717) is 13.2 Å². The highest BCUT2D eigenvalue weighted by atomic mass is 35.5. The normalized spacial score (nSPS) is 10.4. The number of rotatable bonds is 6. The van der Waals surface area contributed by atoms with E-state index in [9.17, 15) is 0 Å². The number of anilines is 1. The summed E-state index contributed by atoms with van der Waals surface area (Å²) in [6.07, 6.45) is 0. The fraction of sp³-hybridized carbons (Fsp3) is 0.250. The number of hydrogen-bond acceptors (Lipinski definition) is 2. The van der Waals surface area contributed by atoms with Gasteiger partial charge in [-0.15, -0.1) is 0 Å². The first-order valence-electron chi connectivity index (χ1n) is 6.37. The highest BCUT2D eigenvalue weighted by Crippen LogP contribution is 2.10. The molecule has 0 aliphatic heterocycles. The zero-order valence-corrected chi connectivity index (χ0v) is 11.8. The number of hydrogen-bond donors (Lipinski definition) is 1. The first kappa shape index (κ1) is 13.9. The average Bonchev–Trinajstić information content (AvgIpc) is 2.43. The molecule has 2 nitrogen and oxygen atoms in total. The van der Waals surface area contributed by atoms with Crippen molar-refractivity contribution in [3.05, 3.63) is 64.7 Å². The molecular weight excluding hydrogens is 258 g/mol. The summed E-state index contributed by atoms with van der Waals surface area (Å²) in [4.78, 5) is 0. The van der Waals surface area contributed by atoms with Gasteiger partial charge in [0.25, 0.3) is 0 Å². The summed E-state index contributed by atoms with van der Waals surface area (Å²) in [5, 5.41) is 4.08. The van der Waals surface area contributed by atoms with Crippen LogP contribution in [0.2, 0.25) is 5.02 Å². The van der Waals surface area contributed by atoms with Crippen molar-refractivity contribution in [3.8, 4) is 0 Å². The zero-order chi connectivity index (χ0) is 13.5. The van der Waals surface area contributed by atoms with Crippen LogP contribution in [-0.4, -0.2) is 13.2 Å². The van der Waals surface area contributed by atoms with Crippen molar-refractivity contribution >= 4 is 17.3 Å². The Hall–Kier alpha value is -1.51. The van der Waals surface area contributed by atoms with Crippen LogP contribution >= 0.6 is 11.6 Å². The third-order valence-electron chi connectivity index (χ3n) is 2.81. The minimum absolute atomic E-state index is 0.618. The van der Waals surface area contributed by atoms with E-state index in [1.54, 1.807) is 0 Å². The molecule has 0 aliphatic rings. The fourth-order valence-electron chi connectivity index (χ4n) is 1.71. The molecule has 0 bridgehead atoms. The molecule has 0 spiro atoms. The van der Waals surface area contributed by atoms with Gasteiger partial charge in [0.05, 0.1) is 13.2 Å². The van der Waals surface area contributed by atoms with Gasteiger partial charge in [-0.2, -0.15) is 0 Å². The lowest BCUT2D eigenvalue weighted by Crippen LogP contribution is -2.09. The molecule has 0 heterocycles. The molecule has 1 N–H and O–H groups in total. The van der Waals surface area contributed by atoms with Gasteiger partial charge in [-0.3, -0.25) is 0 Å². The Morgan fingerprint density at radius 2 is 1.68 bits per heavy atom. The molecule has 0 aliphatic carbocycles. The SMILES string of the molecule is Cc1ccc(NCCOCc2ccc(Cl)cc2)cc1. The Bertz CT molecular complexity index is 446. The number of halogens is 1. The van der Waals surface area contributed by atoms with Crippen LogP contribution in [0.5, 0.6) is 0 Å². The summed E-state index contributed by atoms with van der Waals surface area (Å²) in [5.74, 6) is 0. The Balaban J connectivity index is 1.64. The second-order valence-corrected chi connectivity index (χ2v) is 4.91. The van der Waals surface area contributed by atoms with Crippen LogP contribution < -0.4 is 5.32 Å². The third-order valence-corrected chi connectivity index (χ3v) is 3.06. The van der Waals surface area contributed by atoms with Crippen molar-refractivity contribution < 1.29 is 4.74 Å². The number of aryl methyl sites for hydroxylation is 1. The molecule has 0 amide bonds. The molecule has 19 heavy (non-hydrogen) atoms. The summed E-state index contributed by atoms with van der Waals surface area (Å²) in [6, 6.07) is 16.1. The maximum Gasteiger partial charge on any atom is 0.0717 e. The predicted molar refractivity (Wildman–Crippen MR) is 80.8 cm³/mol. The van der Waals surface area contributed by atoms with Gasteiger partial charge in [-0.1, -0.05) is 41.4 Å². The zero-order valence-electron chi connectivity index (χ0n) is 11.0. The predicted octanol–water partition coefficient (Wildman–Crippen LogP) is 4.28. The van der Waals surface area contributed by atoms with Crippen LogP contribution in [0, 0.1) is 6.92 Å². The topological polar surface area (TPSA) is 21.3 Å². The molecule has 100 valence electrons. The summed E-state index contributed by atoms with van der Waals surface area (Å²) in [5.41, 5.74) is 3.53. The molecule has 0 aromatic heterocycles. The van der Waals surface area contributed by atoms with Crippen LogP contribution in [0.25, 0.3) is 0 Å². The highest BCUT2D eigenvalue weighted by molar-refractivity contribution is 6.30. The summed E-state index contributed by atoms with van der Waals surface area (Å²) in [6.45, 7) is 4.18. The van der Waals surface area contributed by atoms with E-state index in [1.807, 2.05) is 24.3 Å². The fourth-order valence-corrected chi connectivity index (χ4v) is 1.84. The molecule has 2 aromatic rings. The lowest BCUT2D eigenvalue weighted by atomic mass is 10.2. The van der Waals surface area contributed by atoms with Crippen molar-refractivity contribution in [1.82, 2.24) is 0 Å². The van der Waals surface area contributed by atoms with Gasteiger partial charge < -0.3 is 10.1 Å². The van der Waals surface area contributed by atoms with Crippen molar-refractivity contribution in [3.63, 3.8) is 0 Å². The molecule has 0 saturated carbocycles. The molecule has 0 radical (unpaired) electrons. The van der Waals surface area contributed by atoms with Gasteiger partial charge in [0.1, 0.15) is 0 Å². The number of ether oxygens (including phenoxy) is 1. The third kappa shape index (κ3) is 4.93. The summed E-state index contributed by atoms with van der Waals surface area (Å²) < 4.78 is 5.60. The summed E-state index contributed by atoms with van der Waals surface area (Å²) >= 11 is 5.82. The number of nitrogens with one attached hydrogen (secondary N) is 1. The van der Waals surface area contributed by atoms with E-state index >= 15 is 0 Å². The van der Waals surface area contributed by atoms with Crippen LogP contribution in [0.3, 0.4) is 0 Å².